The Labute approximate surface area is 189 Å². The third kappa shape index (κ3) is 5.04. The molecule has 2 aromatic rings. The second-order valence-corrected chi connectivity index (χ2v) is 11.3. The Hall–Kier alpha value is -2.26. The molecule has 1 aromatic carbocycles. The number of amides is 1. The van der Waals surface area contributed by atoms with Gasteiger partial charge in [0.05, 0.1) is 21.7 Å². The Morgan fingerprint density at radius 1 is 1.19 bits per heavy atom. The van der Waals surface area contributed by atoms with Gasteiger partial charge in [0, 0.05) is 37.2 Å². The second-order valence-electron chi connectivity index (χ2n) is 9.32. The predicted octanol–water partition coefficient (Wildman–Crippen LogP) is 2.37. The Bertz CT molecular complexity index is 1100. The molecule has 0 unspecified atom stereocenters. The number of rotatable bonds is 5. The maximum atomic E-state index is 12.7. The van der Waals surface area contributed by atoms with Crippen molar-refractivity contribution in [1.29, 1.82) is 0 Å². The molecule has 2 heterocycles. The third-order valence-corrected chi connectivity index (χ3v) is 7.91. The van der Waals surface area contributed by atoms with Crippen molar-refractivity contribution in [3.05, 3.63) is 23.9 Å². The van der Waals surface area contributed by atoms with Crippen molar-refractivity contribution < 1.29 is 18.3 Å². The van der Waals surface area contributed by atoms with Crippen molar-refractivity contribution in [2.75, 3.05) is 30.8 Å². The van der Waals surface area contributed by atoms with Gasteiger partial charge in [-0.15, -0.1) is 0 Å². The van der Waals surface area contributed by atoms with Crippen LogP contribution in [-0.4, -0.2) is 60.9 Å². The van der Waals surface area contributed by atoms with Gasteiger partial charge in [-0.2, -0.15) is 0 Å². The molecule has 1 aliphatic heterocycles. The molecule has 2 aliphatic rings. The predicted molar refractivity (Wildman–Crippen MR) is 123 cm³/mol. The molecule has 1 aromatic heterocycles. The molecule has 2 fully saturated rings. The molecule has 1 saturated heterocycles. The van der Waals surface area contributed by atoms with Gasteiger partial charge in [-0.3, -0.25) is 4.79 Å². The number of piperidine rings is 1. The van der Waals surface area contributed by atoms with E-state index in [0.717, 1.165) is 43.2 Å². The van der Waals surface area contributed by atoms with Crippen LogP contribution in [0.3, 0.4) is 0 Å². The first-order valence-corrected chi connectivity index (χ1v) is 13.3. The van der Waals surface area contributed by atoms with Crippen LogP contribution in [0.25, 0.3) is 10.9 Å². The molecule has 2 N–H and O–H groups in total. The fourth-order valence-corrected chi connectivity index (χ4v) is 5.39. The number of aliphatic hydroxyl groups is 1. The number of aryl methyl sites for hydroxylation is 1. The molecule has 0 spiro atoms. The van der Waals surface area contributed by atoms with E-state index in [0.29, 0.717) is 43.9 Å². The topological polar surface area (TPSA) is 112 Å². The highest BCUT2D eigenvalue weighted by atomic mass is 32.2. The van der Waals surface area contributed by atoms with E-state index in [-0.39, 0.29) is 16.7 Å². The highest BCUT2D eigenvalue weighted by Gasteiger charge is 2.32. The molecule has 4 rings (SSSR count). The van der Waals surface area contributed by atoms with Crippen LogP contribution < -0.4 is 10.2 Å². The molecule has 1 aliphatic carbocycles. The van der Waals surface area contributed by atoms with Gasteiger partial charge in [-0.1, -0.05) is 19.3 Å². The van der Waals surface area contributed by atoms with E-state index in [1.165, 1.54) is 6.26 Å². The molecule has 9 heteroatoms. The van der Waals surface area contributed by atoms with E-state index < -0.39 is 15.4 Å². The van der Waals surface area contributed by atoms with Crippen LogP contribution in [0.4, 0.5) is 5.95 Å². The number of aromatic nitrogens is 2. The van der Waals surface area contributed by atoms with Crippen molar-refractivity contribution in [2.45, 2.75) is 62.4 Å². The van der Waals surface area contributed by atoms with Gasteiger partial charge in [0.15, 0.2) is 9.84 Å². The molecule has 174 valence electrons. The monoisotopic (exact) mass is 460 g/mol. The lowest BCUT2D eigenvalue weighted by Crippen LogP contribution is -2.47. The highest BCUT2D eigenvalue weighted by molar-refractivity contribution is 7.90. The van der Waals surface area contributed by atoms with Crippen LogP contribution in [-0.2, 0) is 14.6 Å². The minimum atomic E-state index is -3.32. The van der Waals surface area contributed by atoms with Gasteiger partial charge < -0.3 is 15.3 Å². The Morgan fingerprint density at radius 2 is 1.88 bits per heavy atom. The largest absolute Gasteiger partial charge is 0.388 e. The number of sulfone groups is 1. The third-order valence-electron chi connectivity index (χ3n) is 6.80. The number of carbonyl (C=O) groups is 1. The van der Waals surface area contributed by atoms with E-state index >= 15 is 0 Å². The van der Waals surface area contributed by atoms with Crippen molar-refractivity contribution in [3.63, 3.8) is 0 Å². The summed E-state index contributed by atoms with van der Waals surface area (Å²) in [5.41, 5.74) is 0.650. The van der Waals surface area contributed by atoms with Crippen molar-refractivity contribution in [3.8, 4) is 0 Å². The summed E-state index contributed by atoms with van der Waals surface area (Å²) < 4.78 is 23.8. The second kappa shape index (κ2) is 8.94. The van der Waals surface area contributed by atoms with E-state index in [2.05, 4.69) is 20.2 Å². The number of benzene rings is 1. The minimum Gasteiger partial charge on any atom is -0.388 e. The SMILES string of the molecule is Cc1nc(N2CCC(C(=O)NCC3(O)CCCCC3)CC2)nc2cc(S(C)(=O)=O)ccc12. The highest BCUT2D eigenvalue weighted by Crippen LogP contribution is 2.28. The van der Waals surface area contributed by atoms with Crippen LogP contribution in [0.1, 0.15) is 50.6 Å². The molecule has 32 heavy (non-hydrogen) atoms. The van der Waals surface area contributed by atoms with Crippen LogP contribution in [0.5, 0.6) is 0 Å². The van der Waals surface area contributed by atoms with E-state index in [1.54, 1.807) is 18.2 Å². The van der Waals surface area contributed by atoms with Crippen LogP contribution >= 0.6 is 0 Å². The number of carbonyl (C=O) groups excluding carboxylic acids is 1. The maximum absolute atomic E-state index is 12.7. The molecular formula is C23H32N4O4S. The minimum absolute atomic E-state index is 0.0112. The van der Waals surface area contributed by atoms with Gasteiger partial charge in [0.1, 0.15) is 0 Å². The maximum Gasteiger partial charge on any atom is 0.226 e. The number of nitrogens with zero attached hydrogens (tertiary/aromatic N) is 3. The first kappa shape index (κ1) is 22.9. The summed E-state index contributed by atoms with van der Waals surface area (Å²) in [6, 6.07) is 4.93. The molecule has 0 radical (unpaired) electrons. The van der Waals surface area contributed by atoms with Gasteiger partial charge in [-0.05, 0) is 50.8 Å². The fraction of sp³-hybridized carbons (Fsp3) is 0.609. The fourth-order valence-electron chi connectivity index (χ4n) is 4.75. The first-order chi connectivity index (χ1) is 15.1. The van der Waals surface area contributed by atoms with E-state index in [4.69, 9.17) is 0 Å². The van der Waals surface area contributed by atoms with Crippen LogP contribution in [0.2, 0.25) is 0 Å². The van der Waals surface area contributed by atoms with Gasteiger partial charge >= 0.3 is 0 Å². The molecular weight excluding hydrogens is 428 g/mol. The summed E-state index contributed by atoms with van der Waals surface area (Å²) in [5, 5.41) is 14.4. The van der Waals surface area contributed by atoms with Crippen LogP contribution in [0, 0.1) is 12.8 Å². The molecule has 1 saturated carbocycles. The van der Waals surface area contributed by atoms with Gasteiger partial charge in [-0.25, -0.2) is 18.4 Å². The average Bonchev–Trinajstić information content (AvgIpc) is 2.77. The average molecular weight is 461 g/mol. The zero-order valence-electron chi connectivity index (χ0n) is 18.8. The molecule has 0 atom stereocenters. The smallest absolute Gasteiger partial charge is 0.226 e. The summed E-state index contributed by atoms with van der Waals surface area (Å²) in [7, 11) is -3.32. The lowest BCUT2D eigenvalue weighted by molar-refractivity contribution is -0.127. The van der Waals surface area contributed by atoms with Gasteiger partial charge in [0.2, 0.25) is 11.9 Å². The zero-order chi connectivity index (χ0) is 22.9. The molecule has 1 amide bonds. The van der Waals surface area contributed by atoms with Crippen molar-refractivity contribution in [2.24, 2.45) is 5.92 Å². The van der Waals surface area contributed by atoms with Gasteiger partial charge in [0.25, 0.3) is 0 Å². The van der Waals surface area contributed by atoms with Crippen molar-refractivity contribution in [1.82, 2.24) is 15.3 Å². The summed E-state index contributed by atoms with van der Waals surface area (Å²) in [4.78, 5) is 24.2. The van der Waals surface area contributed by atoms with E-state index in [9.17, 15) is 18.3 Å². The Morgan fingerprint density at radius 3 is 2.53 bits per heavy atom. The molecule has 8 nitrogen and oxygen atoms in total. The summed E-state index contributed by atoms with van der Waals surface area (Å²) in [5.74, 6) is 0.491. The number of hydrogen-bond donors (Lipinski definition) is 2. The number of fused-ring (bicyclic) bond motifs is 1. The number of hydrogen-bond acceptors (Lipinski definition) is 7. The summed E-state index contributed by atoms with van der Waals surface area (Å²) in [6.45, 7) is 3.53. The Kier molecular flexibility index (Phi) is 6.40. The first-order valence-electron chi connectivity index (χ1n) is 11.4. The standard InChI is InChI=1S/C23H32N4O4S/c1-16-19-7-6-18(32(2,30)31)14-20(19)26-22(25-16)27-12-8-17(9-13-27)21(28)24-15-23(29)10-4-3-5-11-23/h6-7,14,17,29H,3-5,8-13,15H2,1-2H3,(H,24,28). The lowest BCUT2D eigenvalue weighted by atomic mass is 9.84. The summed E-state index contributed by atoms with van der Waals surface area (Å²) in [6.07, 6.45) is 7.26. The number of nitrogens with one attached hydrogen (secondary N) is 1. The van der Waals surface area contributed by atoms with Crippen LogP contribution in [0.15, 0.2) is 23.1 Å². The zero-order valence-corrected chi connectivity index (χ0v) is 19.6. The Balaban J connectivity index is 1.40. The van der Waals surface area contributed by atoms with Crippen molar-refractivity contribution >= 4 is 32.6 Å². The quantitative estimate of drug-likeness (QED) is 0.704. The summed E-state index contributed by atoms with van der Waals surface area (Å²) >= 11 is 0. The molecule has 0 bridgehead atoms. The van der Waals surface area contributed by atoms with E-state index in [1.807, 2.05) is 6.92 Å². The normalized spacial score (nSPS) is 19.8. The lowest BCUT2D eigenvalue weighted by Gasteiger charge is -2.34. The number of anilines is 1.